The Morgan fingerprint density at radius 3 is 2.17 bits per heavy atom. The van der Waals surface area contributed by atoms with E-state index >= 15 is 0 Å². The lowest BCUT2D eigenvalue weighted by Gasteiger charge is -2.11. The minimum Gasteiger partial charge on any atom is -0.324 e. The standard InChI is InChI=1S/C12H14F3N3O3S.ClH/c13-12(14,15)7-17-22(20,21)9-3-1-8(2-4-9)18-10(19)11(16)5-6-11;/h1-4,17H,5-7,16H2,(H,18,19);1H. The molecule has 6 nitrogen and oxygen atoms in total. The number of anilines is 1. The van der Waals surface area contributed by atoms with E-state index in [0.29, 0.717) is 18.5 Å². The predicted octanol–water partition coefficient (Wildman–Crippen LogP) is 1.38. The van der Waals surface area contributed by atoms with Crippen molar-refractivity contribution >= 4 is 34.0 Å². The number of sulfonamides is 1. The number of amides is 1. The summed E-state index contributed by atoms with van der Waals surface area (Å²) in [4.78, 5) is 11.4. The van der Waals surface area contributed by atoms with Gasteiger partial charge in [-0.05, 0) is 37.1 Å². The summed E-state index contributed by atoms with van der Waals surface area (Å²) in [5.74, 6) is -0.377. The summed E-state index contributed by atoms with van der Waals surface area (Å²) in [6, 6.07) is 4.77. The third-order valence-corrected chi connectivity index (χ3v) is 4.54. The predicted molar refractivity (Wildman–Crippen MR) is 79.7 cm³/mol. The molecule has 1 aromatic rings. The van der Waals surface area contributed by atoms with E-state index in [-0.39, 0.29) is 23.2 Å². The van der Waals surface area contributed by atoms with Crippen molar-refractivity contribution in [3.63, 3.8) is 0 Å². The maximum Gasteiger partial charge on any atom is 0.402 e. The van der Waals surface area contributed by atoms with Crippen LogP contribution in [0, 0.1) is 0 Å². The second kappa shape index (κ2) is 6.63. The average molecular weight is 374 g/mol. The van der Waals surface area contributed by atoms with E-state index in [2.05, 4.69) is 5.32 Å². The number of hydrogen-bond donors (Lipinski definition) is 3. The van der Waals surface area contributed by atoms with E-state index in [1.807, 2.05) is 0 Å². The molecule has 0 unspecified atom stereocenters. The number of hydrogen-bond acceptors (Lipinski definition) is 4. The minimum atomic E-state index is -4.64. The van der Waals surface area contributed by atoms with Crippen LogP contribution in [0.25, 0.3) is 0 Å². The van der Waals surface area contributed by atoms with Crippen molar-refractivity contribution in [2.45, 2.75) is 29.5 Å². The first kappa shape index (κ1) is 19.7. The number of alkyl halides is 3. The van der Waals surface area contributed by atoms with Gasteiger partial charge in [0.15, 0.2) is 0 Å². The Labute approximate surface area is 137 Å². The third-order valence-electron chi connectivity index (χ3n) is 3.13. The van der Waals surface area contributed by atoms with Crippen LogP contribution in [-0.2, 0) is 14.8 Å². The zero-order valence-corrected chi connectivity index (χ0v) is 13.3. The van der Waals surface area contributed by atoms with Gasteiger partial charge in [-0.2, -0.15) is 13.2 Å². The molecule has 1 saturated carbocycles. The first-order chi connectivity index (χ1) is 10.0. The number of carbonyl (C=O) groups excluding carboxylic acids is 1. The molecule has 2 rings (SSSR count). The first-order valence-corrected chi connectivity index (χ1v) is 7.77. The largest absolute Gasteiger partial charge is 0.402 e. The fourth-order valence-corrected chi connectivity index (χ4v) is 2.61. The lowest BCUT2D eigenvalue weighted by atomic mass is 10.2. The number of nitrogens with two attached hydrogens (primary N) is 1. The summed E-state index contributed by atoms with van der Waals surface area (Å²) in [6.45, 7) is -1.65. The molecule has 0 radical (unpaired) electrons. The van der Waals surface area contributed by atoms with Crippen molar-refractivity contribution < 1.29 is 26.4 Å². The smallest absolute Gasteiger partial charge is 0.324 e. The number of halogens is 4. The highest BCUT2D eigenvalue weighted by Crippen LogP contribution is 2.33. The van der Waals surface area contributed by atoms with Crippen molar-refractivity contribution in [3.8, 4) is 0 Å². The zero-order valence-electron chi connectivity index (χ0n) is 11.7. The van der Waals surface area contributed by atoms with Crippen molar-refractivity contribution in [3.05, 3.63) is 24.3 Å². The number of benzene rings is 1. The van der Waals surface area contributed by atoms with Gasteiger partial charge in [0.2, 0.25) is 15.9 Å². The molecule has 1 aromatic carbocycles. The Morgan fingerprint density at radius 1 is 1.22 bits per heavy atom. The Bertz CT molecular complexity index is 673. The van der Waals surface area contributed by atoms with Gasteiger partial charge in [0.05, 0.1) is 10.4 Å². The highest BCUT2D eigenvalue weighted by atomic mass is 35.5. The molecule has 0 aromatic heterocycles. The van der Waals surface area contributed by atoms with E-state index in [9.17, 15) is 26.4 Å². The molecule has 1 amide bonds. The van der Waals surface area contributed by atoms with Crippen LogP contribution < -0.4 is 15.8 Å². The summed E-state index contributed by atoms with van der Waals surface area (Å²) in [7, 11) is -4.26. The molecule has 11 heteroatoms. The first-order valence-electron chi connectivity index (χ1n) is 6.29. The highest BCUT2D eigenvalue weighted by molar-refractivity contribution is 7.89. The third kappa shape index (κ3) is 5.34. The lowest BCUT2D eigenvalue weighted by Crippen LogP contribution is -2.37. The average Bonchev–Trinajstić information content (AvgIpc) is 3.16. The van der Waals surface area contributed by atoms with Crippen LogP contribution in [0.5, 0.6) is 0 Å². The van der Waals surface area contributed by atoms with Crippen LogP contribution in [0.2, 0.25) is 0 Å². The van der Waals surface area contributed by atoms with Crippen LogP contribution >= 0.6 is 12.4 Å². The maximum atomic E-state index is 12.0. The second-order valence-electron chi connectivity index (χ2n) is 5.07. The molecular weight excluding hydrogens is 359 g/mol. The number of rotatable bonds is 5. The molecule has 1 aliphatic carbocycles. The molecule has 130 valence electrons. The molecule has 23 heavy (non-hydrogen) atoms. The van der Waals surface area contributed by atoms with E-state index in [1.165, 1.54) is 16.9 Å². The second-order valence-corrected chi connectivity index (χ2v) is 6.84. The van der Waals surface area contributed by atoms with E-state index < -0.39 is 28.3 Å². The van der Waals surface area contributed by atoms with E-state index in [4.69, 9.17) is 5.73 Å². The molecule has 0 bridgehead atoms. The molecule has 1 fully saturated rings. The van der Waals surface area contributed by atoms with Gasteiger partial charge in [-0.25, -0.2) is 13.1 Å². The Hall–Kier alpha value is -1.36. The quantitative estimate of drug-likeness (QED) is 0.725. The van der Waals surface area contributed by atoms with Gasteiger partial charge >= 0.3 is 6.18 Å². The molecule has 0 aliphatic heterocycles. The van der Waals surface area contributed by atoms with Crippen molar-refractivity contribution in [1.82, 2.24) is 4.72 Å². The summed E-state index contributed by atoms with van der Waals surface area (Å²) >= 11 is 0. The topological polar surface area (TPSA) is 101 Å². The van der Waals surface area contributed by atoms with Gasteiger partial charge < -0.3 is 11.1 Å². The van der Waals surface area contributed by atoms with Crippen LogP contribution in [-0.4, -0.2) is 32.6 Å². The monoisotopic (exact) mass is 373 g/mol. The summed E-state index contributed by atoms with van der Waals surface area (Å²) in [6.07, 6.45) is -3.49. The van der Waals surface area contributed by atoms with E-state index in [0.717, 1.165) is 12.1 Å². The van der Waals surface area contributed by atoms with Gasteiger partial charge in [-0.15, -0.1) is 12.4 Å². The zero-order chi connectivity index (χ0) is 16.6. The molecular formula is C12H15ClF3N3O3S. The Morgan fingerprint density at radius 2 is 1.74 bits per heavy atom. The van der Waals surface area contributed by atoms with Crippen LogP contribution in [0.1, 0.15) is 12.8 Å². The molecule has 4 N–H and O–H groups in total. The maximum absolute atomic E-state index is 12.0. The summed E-state index contributed by atoms with van der Waals surface area (Å²) in [5, 5.41) is 2.52. The normalized spacial score (nSPS) is 16.3. The van der Waals surface area contributed by atoms with Gasteiger partial charge in [0.1, 0.15) is 6.54 Å². The minimum absolute atomic E-state index is 0. The Balaban J connectivity index is 0.00000264. The fourth-order valence-electron chi connectivity index (χ4n) is 1.59. The summed E-state index contributed by atoms with van der Waals surface area (Å²) < 4.78 is 60.9. The van der Waals surface area contributed by atoms with Crippen molar-refractivity contribution in [2.24, 2.45) is 5.73 Å². The molecule has 0 spiro atoms. The van der Waals surface area contributed by atoms with Gasteiger partial charge in [-0.1, -0.05) is 0 Å². The fraction of sp³-hybridized carbons (Fsp3) is 0.417. The highest BCUT2D eigenvalue weighted by Gasteiger charge is 2.45. The molecule has 0 saturated heterocycles. The van der Waals surface area contributed by atoms with Crippen LogP contribution in [0.3, 0.4) is 0 Å². The van der Waals surface area contributed by atoms with Gasteiger partial charge in [0, 0.05) is 5.69 Å². The van der Waals surface area contributed by atoms with E-state index in [1.54, 1.807) is 0 Å². The Kier molecular flexibility index (Phi) is 5.68. The SMILES string of the molecule is Cl.NC1(C(=O)Nc2ccc(S(=O)(=O)NCC(F)(F)F)cc2)CC1. The van der Waals surface area contributed by atoms with Crippen LogP contribution in [0.15, 0.2) is 29.2 Å². The van der Waals surface area contributed by atoms with Crippen LogP contribution in [0.4, 0.5) is 18.9 Å². The number of carbonyl (C=O) groups is 1. The van der Waals surface area contributed by atoms with Gasteiger partial charge in [-0.3, -0.25) is 4.79 Å². The lowest BCUT2D eigenvalue weighted by molar-refractivity contribution is -0.121. The molecule has 0 atom stereocenters. The summed E-state index contributed by atoms with van der Waals surface area (Å²) in [5.41, 5.74) is 5.13. The van der Waals surface area contributed by atoms with Crippen molar-refractivity contribution in [1.29, 1.82) is 0 Å². The molecule has 0 heterocycles. The van der Waals surface area contributed by atoms with Crippen molar-refractivity contribution in [2.75, 3.05) is 11.9 Å². The van der Waals surface area contributed by atoms with Gasteiger partial charge in [0.25, 0.3) is 0 Å². The number of nitrogens with one attached hydrogen (secondary N) is 2. The molecule has 1 aliphatic rings.